The Morgan fingerprint density at radius 1 is 1.00 bits per heavy atom. The topological polar surface area (TPSA) is 53.2 Å². The molecule has 6 nitrogen and oxygen atoms in total. The van der Waals surface area contributed by atoms with Gasteiger partial charge in [-0.2, -0.15) is 9.98 Å². The second kappa shape index (κ2) is 7.62. The molecule has 9 heteroatoms. The van der Waals surface area contributed by atoms with E-state index in [2.05, 4.69) is 9.98 Å². The van der Waals surface area contributed by atoms with Gasteiger partial charge in [-0.15, -0.1) is 0 Å². The van der Waals surface area contributed by atoms with Crippen molar-refractivity contribution >= 4 is 44.0 Å². The van der Waals surface area contributed by atoms with Gasteiger partial charge in [-0.25, -0.2) is 4.79 Å². The van der Waals surface area contributed by atoms with Crippen molar-refractivity contribution in [3.05, 3.63) is 39.9 Å². The Hall–Kier alpha value is -1.84. The molecule has 0 saturated heterocycles. The van der Waals surface area contributed by atoms with Crippen LogP contribution in [0.5, 0.6) is 0 Å². The minimum atomic E-state index is -0.314. The minimum Gasteiger partial charge on any atom is -0.353 e. The summed E-state index contributed by atoms with van der Waals surface area (Å²) in [5, 5.41) is 0.467. The van der Waals surface area contributed by atoms with E-state index in [1.807, 2.05) is 49.0 Å². The highest BCUT2D eigenvalue weighted by molar-refractivity contribution is 7.80. The van der Waals surface area contributed by atoms with Crippen molar-refractivity contribution in [2.75, 3.05) is 28.2 Å². The van der Waals surface area contributed by atoms with E-state index < -0.39 is 0 Å². The van der Waals surface area contributed by atoms with Gasteiger partial charge in [0.05, 0.1) is 5.69 Å². The van der Waals surface area contributed by atoms with Crippen LogP contribution in [0.2, 0.25) is 0 Å². The van der Waals surface area contributed by atoms with Crippen LogP contribution in [-0.2, 0) is 0 Å². The Morgan fingerprint density at radius 3 is 2.09 bits per heavy atom. The van der Waals surface area contributed by atoms with Crippen LogP contribution in [0.15, 0.2) is 40.3 Å². The molecule has 0 unspecified atom stereocenters. The maximum atomic E-state index is 11.9. The molecule has 0 saturated carbocycles. The fraction of sp³-hybridized carbons (Fsp3) is 0.286. The highest BCUT2D eigenvalue weighted by Crippen LogP contribution is 2.05. The molecule has 122 valence electrons. The average Bonchev–Trinajstić information content (AvgIpc) is 2.90. The zero-order valence-electron chi connectivity index (χ0n) is 13.3. The van der Waals surface area contributed by atoms with Crippen LogP contribution < -0.4 is 9.60 Å². The van der Waals surface area contributed by atoms with Gasteiger partial charge in [0.25, 0.3) is 0 Å². The van der Waals surface area contributed by atoms with E-state index in [4.69, 9.17) is 12.2 Å². The monoisotopic (exact) mass is 367 g/mol. The van der Waals surface area contributed by atoms with Crippen LogP contribution in [0.3, 0.4) is 0 Å². The van der Waals surface area contributed by atoms with Crippen molar-refractivity contribution < 1.29 is 4.79 Å². The van der Waals surface area contributed by atoms with E-state index >= 15 is 0 Å². The van der Waals surface area contributed by atoms with E-state index in [1.165, 1.54) is 25.6 Å². The molecule has 2 amide bonds. The number of carbonyl (C=O) groups excluding carboxylic acids is 1. The second-order valence-corrected chi connectivity index (χ2v) is 7.41. The number of carbonyl (C=O) groups is 1. The zero-order valence-corrected chi connectivity index (χ0v) is 15.7. The predicted molar refractivity (Wildman–Crippen MR) is 98.0 cm³/mol. The van der Waals surface area contributed by atoms with Gasteiger partial charge < -0.3 is 9.80 Å². The average molecular weight is 368 g/mol. The van der Waals surface area contributed by atoms with Gasteiger partial charge in [-0.1, -0.05) is 18.2 Å². The molecule has 0 atom stereocenters. The summed E-state index contributed by atoms with van der Waals surface area (Å²) in [7, 11) is 9.84. The number of thiocarbonyl (C=S) groups is 1. The molecule has 0 radical (unpaired) electrons. The number of hydrogen-bond acceptors (Lipinski definition) is 4. The highest BCUT2D eigenvalue weighted by atomic mass is 32.9. The van der Waals surface area contributed by atoms with Crippen LogP contribution >= 0.6 is 32.9 Å². The van der Waals surface area contributed by atoms with Crippen LogP contribution in [0.1, 0.15) is 0 Å². The lowest BCUT2D eigenvalue weighted by Gasteiger charge is -2.08. The van der Waals surface area contributed by atoms with Crippen molar-refractivity contribution in [1.82, 2.24) is 14.4 Å². The van der Waals surface area contributed by atoms with Crippen LogP contribution in [0.25, 0.3) is 5.69 Å². The SMILES string of the molecule is CN(C)C(=O)/N=c1/ss/c(=N\C(=S)N(C)C)n1-c1ccccc1. The largest absolute Gasteiger partial charge is 0.353 e. The lowest BCUT2D eigenvalue weighted by atomic mass is 10.3. The van der Waals surface area contributed by atoms with E-state index in [9.17, 15) is 4.79 Å². The molecule has 1 aromatic heterocycles. The molecule has 0 bridgehead atoms. The molecule has 0 fully saturated rings. The molecule has 0 aliphatic carbocycles. The number of hydrogen-bond donors (Lipinski definition) is 0. The normalized spacial score (nSPS) is 12.3. The van der Waals surface area contributed by atoms with Crippen LogP contribution in [0, 0.1) is 0 Å². The van der Waals surface area contributed by atoms with Gasteiger partial charge in [0, 0.05) is 28.2 Å². The van der Waals surface area contributed by atoms with Crippen molar-refractivity contribution in [3.63, 3.8) is 0 Å². The highest BCUT2D eigenvalue weighted by Gasteiger charge is 2.08. The lowest BCUT2D eigenvalue weighted by molar-refractivity contribution is 0.226. The van der Waals surface area contributed by atoms with E-state index in [0.29, 0.717) is 14.7 Å². The molecule has 2 aromatic rings. The second-order valence-electron chi connectivity index (χ2n) is 4.98. The Balaban J connectivity index is 2.70. The Kier molecular flexibility index (Phi) is 5.80. The van der Waals surface area contributed by atoms with Gasteiger partial charge in [-0.3, -0.25) is 4.57 Å². The van der Waals surface area contributed by atoms with Gasteiger partial charge in [0.2, 0.25) is 9.60 Å². The molecular weight excluding hydrogens is 350 g/mol. The molecule has 2 rings (SSSR count). The number of urea groups is 1. The maximum Gasteiger partial charge on any atom is 0.345 e. The third kappa shape index (κ3) is 4.34. The standard InChI is InChI=1S/C14H17N5OS3/c1-17(2)11(20)15-13-19(10-8-6-5-7-9-10)14(23-22-13)16-12(21)18(3)4/h5-9H,1-4H3/b15-13+,16-14-. The number of aromatic nitrogens is 1. The fourth-order valence-electron chi connectivity index (χ4n) is 1.53. The van der Waals surface area contributed by atoms with Gasteiger partial charge in [-0.05, 0) is 45.0 Å². The fourth-order valence-corrected chi connectivity index (χ4v) is 3.77. The molecule has 0 aliphatic heterocycles. The Morgan fingerprint density at radius 2 is 1.57 bits per heavy atom. The first-order valence-corrected chi connectivity index (χ1v) is 9.25. The number of nitrogens with zero attached hydrogens (tertiary/aromatic N) is 5. The summed E-state index contributed by atoms with van der Waals surface area (Å²) in [5.74, 6) is 0. The molecule has 1 aromatic carbocycles. The summed E-state index contributed by atoms with van der Waals surface area (Å²) < 4.78 is 1.84. The molecule has 0 aliphatic rings. The van der Waals surface area contributed by atoms with Crippen molar-refractivity contribution in [3.8, 4) is 5.69 Å². The van der Waals surface area contributed by atoms with Gasteiger partial charge in [0.1, 0.15) is 0 Å². The third-order valence-electron chi connectivity index (χ3n) is 2.74. The summed E-state index contributed by atoms with van der Waals surface area (Å²) in [5.41, 5.74) is 0.885. The first kappa shape index (κ1) is 17.5. The third-order valence-corrected chi connectivity index (χ3v) is 5.27. The summed E-state index contributed by atoms with van der Waals surface area (Å²) in [6.45, 7) is 0. The van der Waals surface area contributed by atoms with Crippen molar-refractivity contribution in [2.45, 2.75) is 0 Å². The summed E-state index contributed by atoms with van der Waals surface area (Å²) in [6.07, 6.45) is 0. The minimum absolute atomic E-state index is 0.314. The maximum absolute atomic E-state index is 11.9. The smallest absolute Gasteiger partial charge is 0.345 e. The van der Waals surface area contributed by atoms with Gasteiger partial charge in [0.15, 0.2) is 5.11 Å². The molecule has 0 N–H and O–H groups in total. The zero-order chi connectivity index (χ0) is 17.0. The molecule has 0 spiro atoms. The predicted octanol–water partition coefficient (Wildman–Crippen LogP) is 1.93. The number of amides is 2. The Labute approximate surface area is 147 Å². The summed E-state index contributed by atoms with van der Waals surface area (Å²) in [4.78, 5) is 25.0. The van der Waals surface area contributed by atoms with E-state index in [-0.39, 0.29) is 6.03 Å². The summed E-state index contributed by atoms with van der Waals surface area (Å²) in [6, 6.07) is 9.35. The summed E-state index contributed by atoms with van der Waals surface area (Å²) >= 11 is 5.26. The first-order chi connectivity index (χ1) is 10.9. The quantitative estimate of drug-likeness (QED) is 0.572. The molecule has 1 heterocycles. The van der Waals surface area contributed by atoms with Crippen LogP contribution in [0.4, 0.5) is 4.79 Å². The lowest BCUT2D eigenvalue weighted by Crippen LogP contribution is -2.29. The Bertz CT molecular complexity index is 780. The number of benzene rings is 1. The van der Waals surface area contributed by atoms with Crippen molar-refractivity contribution in [2.24, 2.45) is 9.98 Å². The van der Waals surface area contributed by atoms with Crippen LogP contribution in [-0.4, -0.2) is 53.7 Å². The number of para-hydroxylation sites is 1. The van der Waals surface area contributed by atoms with E-state index in [1.54, 1.807) is 19.0 Å². The van der Waals surface area contributed by atoms with E-state index in [0.717, 1.165) is 5.69 Å². The molecule has 23 heavy (non-hydrogen) atoms. The first-order valence-electron chi connectivity index (χ1n) is 6.70. The number of rotatable bonds is 1. The molecular formula is C14H17N5OS3. The van der Waals surface area contributed by atoms with Gasteiger partial charge >= 0.3 is 6.03 Å². The van der Waals surface area contributed by atoms with Crippen molar-refractivity contribution in [1.29, 1.82) is 0 Å².